The lowest BCUT2D eigenvalue weighted by Crippen LogP contribution is -2.31. The number of imide groups is 1. The number of hydrogen-bond donors (Lipinski definition) is 0. The predicted octanol–water partition coefficient (Wildman–Crippen LogP) is 2.64. The number of fused-ring (bicyclic) bond motifs is 1. The first-order valence-corrected chi connectivity index (χ1v) is 8.21. The van der Waals surface area contributed by atoms with E-state index in [2.05, 4.69) is 10.2 Å². The topological polar surface area (TPSA) is 67.6 Å². The summed E-state index contributed by atoms with van der Waals surface area (Å²) in [6, 6.07) is 0.793. The summed E-state index contributed by atoms with van der Waals surface area (Å²) >= 11 is 6.92. The number of pyridine rings is 1. The summed E-state index contributed by atoms with van der Waals surface area (Å²) in [6.45, 7) is 0.171. The van der Waals surface area contributed by atoms with Gasteiger partial charge < -0.3 is 0 Å². The molecule has 0 radical (unpaired) electrons. The molecule has 11 heteroatoms. The van der Waals surface area contributed by atoms with E-state index in [1.807, 2.05) is 0 Å². The van der Waals surface area contributed by atoms with Crippen molar-refractivity contribution in [2.75, 3.05) is 12.3 Å². The van der Waals surface area contributed by atoms with E-state index in [1.54, 1.807) is 0 Å². The van der Waals surface area contributed by atoms with Gasteiger partial charge in [-0.2, -0.15) is 13.2 Å². The van der Waals surface area contributed by atoms with Crippen LogP contribution in [0.25, 0.3) is 5.65 Å². The molecule has 3 rings (SSSR count). The van der Waals surface area contributed by atoms with Gasteiger partial charge in [-0.3, -0.25) is 18.9 Å². The van der Waals surface area contributed by atoms with Gasteiger partial charge in [0.25, 0.3) is 0 Å². The van der Waals surface area contributed by atoms with Crippen LogP contribution < -0.4 is 0 Å². The number of alkyl halides is 3. The van der Waals surface area contributed by atoms with Gasteiger partial charge in [-0.25, -0.2) is 0 Å². The monoisotopic (exact) mass is 378 g/mol. The van der Waals surface area contributed by atoms with Crippen LogP contribution in [0.5, 0.6) is 0 Å². The Labute approximate surface area is 143 Å². The van der Waals surface area contributed by atoms with Crippen molar-refractivity contribution in [3.05, 3.63) is 22.8 Å². The Morgan fingerprint density at radius 1 is 1.21 bits per heavy atom. The second kappa shape index (κ2) is 6.25. The summed E-state index contributed by atoms with van der Waals surface area (Å²) in [6.07, 6.45) is -3.28. The minimum atomic E-state index is -4.54. The van der Waals surface area contributed by atoms with Crippen LogP contribution in [-0.2, 0) is 15.8 Å². The van der Waals surface area contributed by atoms with E-state index in [4.69, 9.17) is 11.6 Å². The minimum absolute atomic E-state index is 0.112. The SMILES string of the molecule is O=C1CCC(=O)N1CCSc1nnc2c(Cl)cc(C(F)(F)F)cn12. The fourth-order valence-electron chi connectivity index (χ4n) is 2.29. The minimum Gasteiger partial charge on any atom is -0.282 e. The number of carbonyl (C=O) groups is 2. The third kappa shape index (κ3) is 3.20. The Morgan fingerprint density at radius 3 is 2.50 bits per heavy atom. The lowest BCUT2D eigenvalue weighted by molar-refractivity contribution is -0.139. The molecule has 0 unspecified atom stereocenters. The van der Waals surface area contributed by atoms with Crippen LogP contribution >= 0.6 is 23.4 Å². The van der Waals surface area contributed by atoms with Crippen molar-refractivity contribution < 1.29 is 22.8 Å². The normalized spacial score (nSPS) is 15.8. The van der Waals surface area contributed by atoms with Crippen molar-refractivity contribution in [2.45, 2.75) is 24.2 Å². The van der Waals surface area contributed by atoms with E-state index in [-0.39, 0.29) is 47.0 Å². The molecule has 0 aliphatic carbocycles. The highest BCUT2D eigenvalue weighted by Crippen LogP contribution is 2.33. The first-order valence-electron chi connectivity index (χ1n) is 6.85. The van der Waals surface area contributed by atoms with Gasteiger partial charge in [0.2, 0.25) is 11.8 Å². The van der Waals surface area contributed by atoms with E-state index in [9.17, 15) is 22.8 Å². The van der Waals surface area contributed by atoms with E-state index in [0.29, 0.717) is 5.75 Å². The van der Waals surface area contributed by atoms with Crippen LogP contribution in [0.3, 0.4) is 0 Å². The van der Waals surface area contributed by atoms with Crippen LogP contribution in [0.4, 0.5) is 13.2 Å². The average molecular weight is 379 g/mol. The lowest BCUT2D eigenvalue weighted by Gasteiger charge is -2.12. The van der Waals surface area contributed by atoms with E-state index in [0.717, 1.165) is 33.3 Å². The Morgan fingerprint density at radius 2 is 1.88 bits per heavy atom. The van der Waals surface area contributed by atoms with E-state index >= 15 is 0 Å². The second-order valence-electron chi connectivity index (χ2n) is 5.04. The quantitative estimate of drug-likeness (QED) is 0.604. The predicted molar refractivity (Wildman–Crippen MR) is 79.7 cm³/mol. The highest BCUT2D eigenvalue weighted by atomic mass is 35.5. The molecule has 1 fully saturated rings. The van der Waals surface area contributed by atoms with Gasteiger partial charge in [-0.1, -0.05) is 23.4 Å². The van der Waals surface area contributed by atoms with Gasteiger partial charge in [0.1, 0.15) is 0 Å². The lowest BCUT2D eigenvalue weighted by atomic mass is 10.3. The molecule has 0 saturated carbocycles. The number of carbonyl (C=O) groups excluding carboxylic acids is 2. The molecule has 1 aliphatic heterocycles. The summed E-state index contributed by atoms with van der Waals surface area (Å²) in [5.74, 6) is -0.185. The molecule has 0 aromatic carbocycles. The zero-order valence-corrected chi connectivity index (χ0v) is 13.6. The molecular formula is C13H10ClF3N4O2S. The third-order valence-electron chi connectivity index (χ3n) is 3.46. The molecule has 0 N–H and O–H groups in total. The van der Waals surface area contributed by atoms with Crippen LogP contribution in [0.1, 0.15) is 18.4 Å². The Kier molecular flexibility index (Phi) is 4.43. The molecule has 128 valence electrons. The Bertz CT molecular complexity index is 807. The molecule has 0 atom stereocenters. The van der Waals surface area contributed by atoms with Gasteiger partial charge in [-0.15, -0.1) is 10.2 Å². The second-order valence-corrected chi connectivity index (χ2v) is 6.51. The van der Waals surface area contributed by atoms with Crippen molar-refractivity contribution >= 4 is 40.8 Å². The largest absolute Gasteiger partial charge is 0.417 e. The number of aromatic nitrogens is 3. The smallest absolute Gasteiger partial charge is 0.282 e. The molecule has 3 heterocycles. The molecule has 2 aromatic heterocycles. The Hall–Kier alpha value is -1.81. The van der Waals surface area contributed by atoms with Crippen LogP contribution in [-0.4, -0.2) is 43.6 Å². The first-order chi connectivity index (χ1) is 11.3. The van der Waals surface area contributed by atoms with Gasteiger partial charge in [0.15, 0.2) is 10.8 Å². The number of amides is 2. The average Bonchev–Trinajstić information content (AvgIpc) is 3.04. The van der Waals surface area contributed by atoms with Crippen LogP contribution in [0.15, 0.2) is 17.4 Å². The van der Waals surface area contributed by atoms with Crippen LogP contribution in [0, 0.1) is 0 Å². The summed E-state index contributed by atoms with van der Waals surface area (Å²) in [7, 11) is 0. The molecule has 1 saturated heterocycles. The summed E-state index contributed by atoms with van der Waals surface area (Å²) in [5, 5.41) is 7.63. The van der Waals surface area contributed by atoms with Crippen molar-refractivity contribution in [1.82, 2.24) is 19.5 Å². The molecule has 24 heavy (non-hydrogen) atoms. The molecule has 0 spiro atoms. The number of hydrogen-bond acceptors (Lipinski definition) is 5. The first kappa shape index (κ1) is 17.0. The highest BCUT2D eigenvalue weighted by Gasteiger charge is 2.32. The standard InChI is InChI=1S/C13H10ClF3N4O2S/c14-8-5-7(13(15,16)17)6-21-11(8)18-19-12(21)24-4-3-20-9(22)1-2-10(20)23/h5-6H,1-4H2. The maximum atomic E-state index is 12.9. The maximum Gasteiger partial charge on any atom is 0.417 e. The summed E-state index contributed by atoms with van der Waals surface area (Å²) in [4.78, 5) is 24.2. The van der Waals surface area contributed by atoms with E-state index in [1.165, 1.54) is 0 Å². The number of nitrogens with zero attached hydrogens (tertiary/aromatic N) is 4. The maximum absolute atomic E-state index is 12.9. The van der Waals surface area contributed by atoms with Crippen molar-refractivity contribution in [1.29, 1.82) is 0 Å². The zero-order chi connectivity index (χ0) is 17.5. The fraction of sp³-hybridized carbons (Fsp3) is 0.385. The van der Waals surface area contributed by atoms with Crippen molar-refractivity contribution in [3.8, 4) is 0 Å². The number of rotatable bonds is 4. The number of thioether (sulfide) groups is 1. The summed E-state index contributed by atoms with van der Waals surface area (Å²) in [5.41, 5.74) is -0.799. The van der Waals surface area contributed by atoms with E-state index < -0.39 is 11.7 Å². The number of likely N-dealkylation sites (tertiary alicyclic amines) is 1. The molecular weight excluding hydrogens is 369 g/mol. The molecule has 0 bridgehead atoms. The molecule has 6 nitrogen and oxygen atoms in total. The number of halogens is 4. The van der Waals surface area contributed by atoms with Gasteiger partial charge in [0.05, 0.1) is 10.6 Å². The van der Waals surface area contributed by atoms with Gasteiger partial charge >= 0.3 is 6.18 Å². The fourth-order valence-corrected chi connectivity index (χ4v) is 3.37. The Balaban J connectivity index is 1.79. The summed E-state index contributed by atoms with van der Waals surface area (Å²) < 4.78 is 39.8. The molecule has 2 aromatic rings. The molecule has 1 aliphatic rings. The molecule has 2 amide bonds. The van der Waals surface area contributed by atoms with Gasteiger partial charge in [0, 0.05) is 31.3 Å². The highest BCUT2D eigenvalue weighted by molar-refractivity contribution is 7.99. The van der Waals surface area contributed by atoms with Gasteiger partial charge in [-0.05, 0) is 6.07 Å². The third-order valence-corrected chi connectivity index (χ3v) is 4.66. The zero-order valence-electron chi connectivity index (χ0n) is 12.0. The van der Waals surface area contributed by atoms with Crippen molar-refractivity contribution in [2.24, 2.45) is 0 Å². The van der Waals surface area contributed by atoms with Crippen LogP contribution in [0.2, 0.25) is 5.02 Å². The van der Waals surface area contributed by atoms with Crippen molar-refractivity contribution in [3.63, 3.8) is 0 Å².